The molecular weight excluding hydrogens is 315 g/mol. The van der Waals surface area contributed by atoms with Gasteiger partial charge in [0.2, 0.25) is 0 Å². The van der Waals surface area contributed by atoms with Crippen LogP contribution in [0, 0.1) is 26.4 Å². The number of benzene rings is 1. The smallest absolute Gasteiger partial charge is 0.130 e. The van der Waals surface area contributed by atoms with E-state index in [-0.39, 0.29) is 5.57 Å². The first kappa shape index (κ1) is 10.7. The van der Waals surface area contributed by atoms with E-state index >= 15 is 0 Å². The molecule has 0 saturated heterocycles. The summed E-state index contributed by atoms with van der Waals surface area (Å²) in [6.45, 7) is 0. The highest BCUT2D eigenvalue weighted by molar-refractivity contribution is 14.1. The molecule has 0 aliphatic rings. The SMILES string of the molecule is N#CC(C#N)=Cc1ccc2c(I)[nH]nc2c1. The van der Waals surface area contributed by atoms with Crippen LogP contribution in [0.15, 0.2) is 23.8 Å². The van der Waals surface area contributed by atoms with Crippen LogP contribution < -0.4 is 0 Å². The Morgan fingerprint density at radius 1 is 1.38 bits per heavy atom. The summed E-state index contributed by atoms with van der Waals surface area (Å²) >= 11 is 2.17. The molecule has 0 fully saturated rings. The molecule has 16 heavy (non-hydrogen) atoms. The van der Waals surface area contributed by atoms with Crippen LogP contribution in [-0.4, -0.2) is 10.2 Å². The highest BCUT2D eigenvalue weighted by Gasteiger charge is 2.02. The molecular formula is C11H5IN4. The van der Waals surface area contributed by atoms with Gasteiger partial charge in [-0.05, 0) is 46.4 Å². The number of H-pyrrole nitrogens is 1. The van der Waals surface area contributed by atoms with Crippen molar-refractivity contribution in [2.75, 3.05) is 0 Å². The zero-order valence-corrected chi connectivity index (χ0v) is 10.2. The number of nitrogens with one attached hydrogen (secondary N) is 1. The standard InChI is InChI=1S/C11H5IN4/c12-11-9-2-1-7(3-8(5-13)6-14)4-10(9)15-16-11/h1-4H,(H,15,16). The number of allylic oxidation sites excluding steroid dienone is 1. The molecule has 0 radical (unpaired) electrons. The highest BCUT2D eigenvalue weighted by atomic mass is 127. The second kappa shape index (κ2) is 4.33. The summed E-state index contributed by atoms with van der Waals surface area (Å²) in [5, 5.41) is 25.3. The molecule has 0 saturated carbocycles. The summed E-state index contributed by atoms with van der Waals surface area (Å²) < 4.78 is 0.976. The second-order valence-corrected chi connectivity index (χ2v) is 4.17. The molecule has 1 aromatic carbocycles. The number of aromatic amines is 1. The number of rotatable bonds is 1. The van der Waals surface area contributed by atoms with Crippen molar-refractivity contribution < 1.29 is 0 Å². The lowest BCUT2D eigenvalue weighted by molar-refractivity contribution is 1.09. The fourth-order valence-corrected chi connectivity index (χ4v) is 1.92. The van der Waals surface area contributed by atoms with Crippen molar-refractivity contribution in [3.63, 3.8) is 0 Å². The number of hydrogen-bond donors (Lipinski definition) is 1. The first-order valence-electron chi connectivity index (χ1n) is 4.40. The van der Waals surface area contributed by atoms with Gasteiger partial charge in [0.25, 0.3) is 0 Å². The monoisotopic (exact) mass is 320 g/mol. The van der Waals surface area contributed by atoms with E-state index in [9.17, 15) is 0 Å². The quantitative estimate of drug-likeness (QED) is 0.648. The van der Waals surface area contributed by atoms with Gasteiger partial charge in [-0.3, -0.25) is 5.10 Å². The molecule has 0 unspecified atom stereocenters. The molecule has 76 valence electrons. The zero-order valence-electron chi connectivity index (χ0n) is 8.03. The molecule has 1 aromatic heterocycles. The van der Waals surface area contributed by atoms with Crippen molar-refractivity contribution in [3.05, 3.63) is 33.0 Å². The van der Waals surface area contributed by atoms with Gasteiger partial charge in [-0.25, -0.2) is 0 Å². The number of aromatic nitrogens is 2. The van der Waals surface area contributed by atoms with E-state index in [0.717, 1.165) is 20.2 Å². The second-order valence-electron chi connectivity index (χ2n) is 3.10. The predicted octanol–water partition coefficient (Wildman–Crippen LogP) is 2.60. The Bertz CT molecular complexity index is 639. The Kier molecular flexibility index (Phi) is 2.88. The maximum absolute atomic E-state index is 8.64. The highest BCUT2D eigenvalue weighted by Crippen LogP contribution is 2.19. The van der Waals surface area contributed by atoms with Crippen molar-refractivity contribution >= 4 is 39.6 Å². The molecule has 1 N–H and O–H groups in total. The van der Waals surface area contributed by atoms with Gasteiger partial charge in [0.1, 0.15) is 21.4 Å². The van der Waals surface area contributed by atoms with Gasteiger partial charge >= 0.3 is 0 Å². The Balaban J connectivity index is 2.54. The maximum Gasteiger partial charge on any atom is 0.130 e. The van der Waals surface area contributed by atoms with Crippen LogP contribution in [0.5, 0.6) is 0 Å². The normalized spacial score (nSPS) is 9.44. The minimum absolute atomic E-state index is 0.0876. The number of halogens is 1. The van der Waals surface area contributed by atoms with E-state index < -0.39 is 0 Å². The summed E-state index contributed by atoms with van der Waals surface area (Å²) in [5.74, 6) is 0. The molecule has 2 aromatic rings. The molecule has 0 spiro atoms. The van der Waals surface area contributed by atoms with Crippen LogP contribution in [0.2, 0.25) is 0 Å². The van der Waals surface area contributed by atoms with Crippen LogP contribution >= 0.6 is 22.6 Å². The molecule has 4 nitrogen and oxygen atoms in total. The van der Waals surface area contributed by atoms with Gasteiger partial charge < -0.3 is 0 Å². The fourth-order valence-electron chi connectivity index (χ4n) is 1.34. The third-order valence-corrected chi connectivity index (χ3v) is 2.91. The molecule has 0 amide bonds. The molecule has 5 heteroatoms. The topological polar surface area (TPSA) is 76.3 Å². The lowest BCUT2D eigenvalue weighted by Crippen LogP contribution is -1.77. The fraction of sp³-hybridized carbons (Fsp3) is 0. The van der Waals surface area contributed by atoms with Crippen LogP contribution in [0.3, 0.4) is 0 Å². The van der Waals surface area contributed by atoms with Crippen LogP contribution in [-0.2, 0) is 0 Å². The predicted molar refractivity (Wildman–Crippen MR) is 68.0 cm³/mol. The molecule has 2 rings (SSSR count). The summed E-state index contributed by atoms with van der Waals surface area (Å²) in [4.78, 5) is 0. The van der Waals surface area contributed by atoms with Crippen LogP contribution in [0.25, 0.3) is 17.0 Å². The first-order valence-corrected chi connectivity index (χ1v) is 5.48. The summed E-state index contributed by atoms with van der Waals surface area (Å²) in [7, 11) is 0. The summed E-state index contributed by atoms with van der Waals surface area (Å²) in [6, 6.07) is 9.25. The van der Waals surface area contributed by atoms with Crippen molar-refractivity contribution in [1.82, 2.24) is 10.2 Å². The van der Waals surface area contributed by atoms with Crippen molar-refractivity contribution in [1.29, 1.82) is 10.5 Å². The lowest BCUT2D eigenvalue weighted by Gasteiger charge is -1.93. The van der Waals surface area contributed by atoms with Gasteiger partial charge in [-0.2, -0.15) is 15.6 Å². The molecule has 0 aliphatic heterocycles. The molecule has 1 heterocycles. The van der Waals surface area contributed by atoms with Gasteiger partial charge in [0.15, 0.2) is 0 Å². The average Bonchev–Trinajstić information content (AvgIpc) is 2.68. The van der Waals surface area contributed by atoms with Gasteiger partial charge in [-0.15, -0.1) is 0 Å². The van der Waals surface area contributed by atoms with E-state index in [1.807, 2.05) is 30.3 Å². The van der Waals surface area contributed by atoms with E-state index in [0.29, 0.717) is 0 Å². The van der Waals surface area contributed by atoms with Crippen LogP contribution in [0.4, 0.5) is 0 Å². The average molecular weight is 320 g/mol. The minimum Gasteiger partial charge on any atom is -0.271 e. The van der Waals surface area contributed by atoms with Crippen molar-refractivity contribution in [2.45, 2.75) is 0 Å². The Morgan fingerprint density at radius 2 is 2.12 bits per heavy atom. The largest absolute Gasteiger partial charge is 0.271 e. The van der Waals surface area contributed by atoms with Crippen LogP contribution in [0.1, 0.15) is 5.56 Å². The number of hydrogen-bond acceptors (Lipinski definition) is 3. The van der Waals surface area contributed by atoms with E-state index in [1.54, 1.807) is 6.08 Å². The Hall–Kier alpha value is -1.86. The van der Waals surface area contributed by atoms with Gasteiger partial charge in [-0.1, -0.05) is 6.07 Å². The zero-order chi connectivity index (χ0) is 11.5. The first-order chi connectivity index (χ1) is 7.74. The summed E-state index contributed by atoms with van der Waals surface area (Å²) in [6.07, 6.45) is 1.54. The number of nitriles is 2. The Morgan fingerprint density at radius 3 is 2.81 bits per heavy atom. The molecule has 0 atom stereocenters. The molecule has 0 bridgehead atoms. The summed E-state index contributed by atoms with van der Waals surface area (Å²) in [5.41, 5.74) is 1.71. The number of nitrogens with zero attached hydrogens (tertiary/aromatic N) is 3. The van der Waals surface area contributed by atoms with E-state index in [2.05, 4.69) is 32.8 Å². The third-order valence-electron chi connectivity index (χ3n) is 2.08. The van der Waals surface area contributed by atoms with E-state index in [1.165, 1.54) is 0 Å². The maximum atomic E-state index is 8.64. The Labute approximate surface area is 105 Å². The molecule has 0 aliphatic carbocycles. The van der Waals surface area contributed by atoms with Gasteiger partial charge in [0.05, 0.1) is 5.52 Å². The number of fused-ring (bicyclic) bond motifs is 1. The van der Waals surface area contributed by atoms with Crippen molar-refractivity contribution in [2.24, 2.45) is 0 Å². The third kappa shape index (κ3) is 1.90. The lowest BCUT2D eigenvalue weighted by atomic mass is 10.1. The van der Waals surface area contributed by atoms with Crippen molar-refractivity contribution in [3.8, 4) is 12.1 Å². The van der Waals surface area contributed by atoms with E-state index in [4.69, 9.17) is 10.5 Å². The van der Waals surface area contributed by atoms with Gasteiger partial charge in [0, 0.05) is 5.39 Å². The minimum atomic E-state index is 0.0876.